The Labute approximate surface area is 195 Å². The van der Waals surface area contributed by atoms with Gasteiger partial charge in [0, 0.05) is 5.92 Å². The van der Waals surface area contributed by atoms with Crippen molar-refractivity contribution in [3.05, 3.63) is 47.2 Å². The van der Waals surface area contributed by atoms with Crippen LogP contribution in [0.4, 0.5) is 0 Å². The Morgan fingerprint density at radius 3 is 2.47 bits per heavy atom. The summed E-state index contributed by atoms with van der Waals surface area (Å²) in [5.74, 6) is -2.21. The molecule has 2 aliphatic heterocycles. The van der Waals surface area contributed by atoms with Crippen LogP contribution in [0.15, 0.2) is 47.2 Å². The number of carbonyl (C=O) groups excluding carboxylic acids is 2. The third kappa shape index (κ3) is 3.99. The standard InChI is InChI=1S/C26H33ClO5/c1-13-8-6-7-9-14(2)31-25(30)16(4)22(28)21(27)23(29)20-18(13)11-10-17-12-26(5)24(32-26)15(3)19(17)20/h6-11,13-20,24,29H,12H2,1-5H3/b8-6-,9-7+,23-21?/t13-,14+,15+,16+,17-,18+,19?,20?,24+,26-/m1/s1. The molecule has 0 spiro atoms. The number of allylic oxidation sites excluding steroid dienone is 7. The van der Waals surface area contributed by atoms with Gasteiger partial charge in [-0.1, -0.05) is 55.8 Å². The van der Waals surface area contributed by atoms with Crippen molar-refractivity contribution in [2.75, 3.05) is 0 Å². The summed E-state index contributed by atoms with van der Waals surface area (Å²) < 4.78 is 11.4. The smallest absolute Gasteiger partial charge is 0.317 e. The Kier molecular flexibility index (Phi) is 6.19. The first-order chi connectivity index (χ1) is 15.0. The van der Waals surface area contributed by atoms with Gasteiger partial charge in [-0.05, 0) is 62.9 Å². The first-order valence-electron chi connectivity index (χ1n) is 11.6. The number of ether oxygens (including phenoxy) is 2. The van der Waals surface area contributed by atoms with Crippen LogP contribution in [0.2, 0.25) is 0 Å². The molecule has 10 atom stereocenters. The minimum atomic E-state index is -1.09. The number of cyclic esters (lactones) is 1. The van der Waals surface area contributed by atoms with Gasteiger partial charge in [-0.25, -0.2) is 0 Å². The monoisotopic (exact) mass is 460 g/mol. The van der Waals surface area contributed by atoms with Crippen LogP contribution in [-0.4, -0.2) is 34.7 Å². The molecule has 0 radical (unpaired) electrons. The van der Waals surface area contributed by atoms with Gasteiger partial charge in [-0.15, -0.1) is 0 Å². The summed E-state index contributed by atoms with van der Waals surface area (Å²) in [6.07, 6.45) is 12.6. The zero-order valence-corrected chi connectivity index (χ0v) is 20.1. The maximum atomic E-state index is 13.0. The number of halogens is 1. The normalized spacial score (nSPS) is 48.6. The number of hydrogen-bond donors (Lipinski definition) is 1. The first-order valence-corrected chi connectivity index (χ1v) is 12.0. The fourth-order valence-corrected chi connectivity index (χ4v) is 6.36. The van der Waals surface area contributed by atoms with Crippen molar-refractivity contribution in [3.63, 3.8) is 0 Å². The summed E-state index contributed by atoms with van der Waals surface area (Å²) >= 11 is 6.49. The van der Waals surface area contributed by atoms with Gasteiger partial charge >= 0.3 is 5.97 Å². The highest BCUT2D eigenvalue weighted by Crippen LogP contribution is 2.60. The van der Waals surface area contributed by atoms with Crippen LogP contribution in [-0.2, 0) is 19.1 Å². The van der Waals surface area contributed by atoms with Crippen molar-refractivity contribution in [3.8, 4) is 0 Å². The van der Waals surface area contributed by atoms with Gasteiger partial charge in [0.25, 0.3) is 0 Å². The molecular weight excluding hydrogens is 428 g/mol. The summed E-state index contributed by atoms with van der Waals surface area (Å²) in [6.45, 7) is 9.64. The van der Waals surface area contributed by atoms with Crippen molar-refractivity contribution in [1.82, 2.24) is 0 Å². The lowest BCUT2D eigenvalue weighted by Crippen LogP contribution is -2.46. The Bertz CT molecular complexity index is 917. The molecule has 2 aliphatic carbocycles. The van der Waals surface area contributed by atoms with Gasteiger partial charge < -0.3 is 14.6 Å². The lowest BCUT2D eigenvalue weighted by atomic mass is 9.57. The minimum Gasteiger partial charge on any atom is -0.510 e. The molecule has 1 saturated carbocycles. The summed E-state index contributed by atoms with van der Waals surface area (Å²) in [5.41, 5.74) is -0.108. The number of aliphatic hydroxyl groups excluding tert-OH is 1. The Balaban J connectivity index is 1.79. The van der Waals surface area contributed by atoms with Crippen LogP contribution in [0.5, 0.6) is 0 Å². The fraction of sp³-hybridized carbons (Fsp3) is 0.615. The zero-order valence-electron chi connectivity index (χ0n) is 19.3. The minimum absolute atomic E-state index is 0.0318. The van der Waals surface area contributed by atoms with Crippen molar-refractivity contribution in [2.45, 2.75) is 58.8 Å². The summed E-state index contributed by atoms with van der Waals surface area (Å²) in [7, 11) is 0. The summed E-state index contributed by atoms with van der Waals surface area (Å²) in [5, 5.41) is 11.2. The van der Waals surface area contributed by atoms with Gasteiger partial charge in [0.15, 0.2) is 5.78 Å². The van der Waals surface area contributed by atoms with Crippen LogP contribution in [0, 0.1) is 41.4 Å². The number of ketones is 1. The maximum absolute atomic E-state index is 13.0. The molecule has 0 aromatic heterocycles. The van der Waals surface area contributed by atoms with E-state index in [1.807, 2.05) is 12.2 Å². The van der Waals surface area contributed by atoms with E-state index in [-0.39, 0.29) is 58.0 Å². The first kappa shape index (κ1) is 23.3. The Hall–Kier alpha value is -1.85. The molecule has 0 aromatic carbocycles. The number of Topliss-reactive ketones (excluding diaryl/α,β-unsaturated/α-hetero) is 1. The van der Waals surface area contributed by atoms with Gasteiger partial charge in [0.1, 0.15) is 22.8 Å². The quantitative estimate of drug-likeness (QED) is 0.235. The molecule has 6 heteroatoms. The molecule has 0 aromatic rings. The van der Waals surface area contributed by atoms with Crippen LogP contribution in [0.3, 0.4) is 0 Å². The number of aliphatic hydroxyl groups is 1. The number of carbonyl (C=O) groups is 2. The molecule has 4 aliphatic rings. The van der Waals surface area contributed by atoms with E-state index < -0.39 is 23.8 Å². The Morgan fingerprint density at radius 2 is 1.75 bits per heavy atom. The van der Waals surface area contributed by atoms with E-state index >= 15 is 0 Å². The van der Waals surface area contributed by atoms with Gasteiger partial charge in [0.2, 0.25) is 0 Å². The molecule has 0 amide bonds. The van der Waals surface area contributed by atoms with E-state index in [4.69, 9.17) is 21.1 Å². The van der Waals surface area contributed by atoms with Gasteiger partial charge in [0.05, 0.1) is 11.7 Å². The maximum Gasteiger partial charge on any atom is 0.317 e. The lowest BCUT2D eigenvalue weighted by molar-refractivity contribution is -0.152. The van der Waals surface area contributed by atoms with E-state index in [9.17, 15) is 14.7 Å². The largest absolute Gasteiger partial charge is 0.510 e. The SMILES string of the molecule is C[C@@H]1C(=O)O[C@@H](C)/C=C/C=C\[C@@H](C)[C@@H]2C=C[C@@H]3C[C@@]4(C)O[C@H]4[C@@H](C)C3C2C(O)=C(Cl)C1=O. The van der Waals surface area contributed by atoms with Crippen LogP contribution in [0.25, 0.3) is 0 Å². The van der Waals surface area contributed by atoms with Gasteiger partial charge in [-0.2, -0.15) is 0 Å². The fourth-order valence-electron chi connectivity index (χ4n) is 6.07. The molecule has 1 saturated heterocycles. The summed E-state index contributed by atoms with van der Waals surface area (Å²) in [6, 6.07) is 0. The van der Waals surface area contributed by atoms with Crippen molar-refractivity contribution < 1.29 is 24.2 Å². The van der Waals surface area contributed by atoms with E-state index in [0.29, 0.717) is 0 Å². The average Bonchev–Trinajstić information content (AvgIpc) is 3.44. The molecule has 2 heterocycles. The van der Waals surface area contributed by atoms with E-state index in [2.05, 4.69) is 39.0 Å². The molecule has 0 bridgehead atoms. The molecule has 5 nitrogen and oxygen atoms in total. The predicted octanol–water partition coefficient (Wildman–Crippen LogP) is 5.13. The number of rotatable bonds is 0. The molecule has 2 fully saturated rings. The van der Waals surface area contributed by atoms with Crippen molar-refractivity contribution in [1.29, 1.82) is 0 Å². The third-order valence-electron chi connectivity index (χ3n) is 7.89. The average molecular weight is 461 g/mol. The number of epoxide rings is 1. The van der Waals surface area contributed by atoms with E-state index in [1.165, 1.54) is 6.92 Å². The highest BCUT2D eigenvalue weighted by molar-refractivity contribution is 6.44. The highest BCUT2D eigenvalue weighted by atomic mass is 35.5. The molecule has 4 rings (SSSR count). The van der Waals surface area contributed by atoms with Crippen LogP contribution in [0.1, 0.15) is 41.0 Å². The van der Waals surface area contributed by atoms with Crippen LogP contribution < -0.4 is 0 Å². The molecular formula is C26H33ClO5. The second-order valence-electron chi connectivity index (χ2n) is 10.2. The lowest BCUT2D eigenvalue weighted by Gasteiger charge is -2.46. The van der Waals surface area contributed by atoms with Crippen LogP contribution >= 0.6 is 11.6 Å². The van der Waals surface area contributed by atoms with Crippen molar-refractivity contribution >= 4 is 23.4 Å². The number of fused-ring (bicyclic) bond motifs is 4. The van der Waals surface area contributed by atoms with Gasteiger partial charge in [-0.3, -0.25) is 9.59 Å². The second-order valence-corrected chi connectivity index (χ2v) is 10.6. The highest BCUT2D eigenvalue weighted by Gasteiger charge is 2.64. The molecule has 2 unspecified atom stereocenters. The second kappa shape index (κ2) is 8.49. The summed E-state index contributed by atoms with van der Waals surface area (Å²) in [4.78, 5) is 25.5. The molecule has 32 heavy (non-hydrogen) atoms. The number of hydrogen-bond acceptors (Lipinski definition) is 5. The Morgan fingerprint density at radius 1 is 1.06 bits per heavy atom. The zero-order chi connectivity index (χ0) is 23.4. The van der Waals surface area contributed by atoms with Crippen molar-refractivity contribution in [2.24, 2.45) is 41.4 Å². The molecule has 174 valence electrons. The molecule has 1 N–H and O–H groups in total. The van der Waals surface area contributed by atoms with E-state index in [1.54, 1.807) is 13.0 Å². The van der Waals surface area contributed by atoms with E-state index in [0.717, 1.165) is 6.42 Å². The predicted molar refractivity (Wildman–Crippen MR) is 123 cm³/mol. The third-order valence-corrected chi connectivity index (χ3v) is 8.27. The number of esters is 1. The topological polar surface area (TPSA) is 76.1 Å².